The van der Waals surface area contributed by atoms with Gasteiger partial charge in [-0.15, -0.1) is 0 Å². The molecule has 3 heteroatoms. The van der Waals surface area contributed by atoms with Crippen LogP contribution in [-0.4, -0.2) is 8.07 Å². The van der Waals surface area contributed by atoms with E-state index in [1.54, 1.807) is 0 Å². The Kier molecular flexibility index (Phi) is 19.5. The molecule has 0 saturated carbocycles. The van der Waals surface area contributed by atoms with Crippen LogP contribution in [0.5, 0.6) is 0 Å². The zero-order chi connectivity index (χ0) is 12.3. The normalized spacial score (nSPS) is 13.5. The maximum Gasteiger partial charge on any atom is 0.0686 e. The van der Waals surface area contributed by atoms with Gasteiger partial charge in [-0.05, 0) is 0 Å². The molecular formula is C15H21ClSiZr-. The van der Waals surface area contributed by atoms with Gasteiger partial charge in [0.15, 0.2) is 0 Å². The second kappa shape index (κ2) is 15.1. The Bertz CT molecular complexity index is 254. The minimum absolute atomic E-state index is 0. The fraction of sp³-hybridized carbons (Fsp3) is 0.200. The van der Waals surface area contributed by atoms with Gasteiger partial charge in [-0.3, -0.25) is 0 Å². The van der Waals surface area contributed by atoms with Gasteiger partial charge in [-0.25, -0.2) is 0 Å². The monoisotopic (exact) mass is 354 g/mol. The van der Waals surface area contributed by atoms with Crippen LogP contribution in [0.2, 0.25) is 19.6 Å². The molecule has 0 saturated heterocycles. The van der Waals surface area contributed by atoms with Crippen LogP contribution >= 0.6 is 0 Å². The third kappa shape index (κ3) is 21.4. The quantitative estimate of drug-likeness (QED) is 0.625. The van der Waals surface area contributed by atoms with Crippen molar-refractivity contribution in [1.82, 2.24) is 0 Å². The Morgan fingerprint density at radius 1 is 0.722 bits per heavy atom. The molecule has 0 aromatic rings. The Hall–Kier alpha value is 0.0900. The molecular weight excluding hydrogens is 335 g/mol. The summed E-state index contributed by atoms with van der Waals surface area (Å²) in [5.74, 6) is 0. The molecule has 2 rings (SSSR count). The van der Waals surface area contributed by atoms with Crippen LogP contribution in [0.3, 0.4) is 0 Å². The number of allylic oxidation sites excluding steroid dienone is 8. The van der Waals surface area contributed by atoms with Crippen molar-refractivity contribution in [3.63, 3.8) is 0 Å². The third-order valence-corrected chi connectivity index (χ3v) is 2.61. The molecule has 18 heavy (non-hydrogen) atoms. The molecule has 2 aliphatic carbocycles. The zero-order valence-electron chi connectivity index (χ0n) is 11.3. The van der Waals surface area contributed by atoms with Crippen molar-refractivity contribution in [3.8, 4) is 0 Å². The van der Waals surface area contributed by atoms with Crippen LogP contribution in [0.15, 0.2) is 54.3 Å². The van der Waals surface area contributed by atoms with E-state index in [0.29, 0.717) is 0 Å². The predicted octanol–water partition coefficient (Wildman–Crippen LogP) is 1.49. The molecule has 0 aromatic carbocycles. The van der Waals surface area contributed by atoms with Gasteiger partial charge in [0, 0.05) is 39.0 Å². The largest absolute Gasteiger partial charge is 1.00 e. The van der Waals surface area contributed by atoms with Crippen LogP contribution in [-0.2, 0) is 26.2 Å². The van der Waals surface area contributed by atoms with Crippen molar-refractivity contribution < 1.29 is 38.6 Å². The number of halogens is 1. The summed E-state index contributed by atoms with van der Waals surface area (Å²) in [5, 5.41) is 0. The Morgan fingerprint density at radius 3 is 1.00 bits per heavy atom. The molecule has 0 heterocycles. The van der Waals surface area contributed by atoms with E-state index < -0.39 is 8.07 Å². The van der Waals surface area contributed by atoms with Gasteiger partial charge in [-0.1, -0.05) is 80.5 Å². The van der Waals surface area contributed by atoms with Gasteiger partial charge < -0.3 is 12.4 Å². The van der Waals surface area contributed by atoms with Crippen LogP contribution in [0.25, 0.3) is 0 Å². The second-order valence-electron chi connectivity index (χ2n) is 4.46. The number of hydrogen-bond acceptors (Lipinski definition) is 0. The first-order chi connectivity index (χ1) is 7.56. The van der Waals surface area contributed by atoms with E-state index in [0.717, 1.165) is 0 Å². The van der Waals surface area contributed by atoms with Crippen LogP contribution < -0.4 is 12.4 Å². The van der Waals surface area contributed by atoms with Crippen molar-refractivity contribution in [3.05, 3.63) is 73.7 Å². The van der Waals surface area contributed by atoms with Gasteiger partial charge in [0.05, 0.1) is 8.07 Å². The first-order valence-electron chi connectivity index (χ1n) is 5.46. The Morgan fingerprint density at radius 2 is 0.944 bits per heavy atom. The molecule has 3 radical (unpaired) electrons. The summed E-state index contributed by atoms with van der Waals surface area (Å²) in [6.07, 6.45) is 20.0. The van der Waals surface area contributed by atoms with E-state index in [1.165, 1.54) is 0 Å². The minimum atomic E-state index is -0.978. The summed E-state index contributed by atoms with van der Waals surface area (Å²) in [5.41, 5.74) is 1.83. The topological polar surface area (TPSA) is 0 Å². The summed E-state index contributed by atoms with van der Waals surface area (Å²) in [6, 6.07) is 0. The van der Waals surface area contributed by atoms with Crippen LogP contribution in [0, 0.1) is 19.4 Å². The molecule has 0 bridgehead atoms. The summed E-state index contributed by atoms with van der Waals surface area (Å²) in [7, 11) is -0.978. The van der Waals surface area contributed by atoms with E-state index in [1.807, 2.05) is 67.1 Å². The van der Waals surface area contributed by atoms with E-state index in [2.05, 4.69) is 19.6 Å². The van der Waals surface area contributed by atoms with Crippen molar-refractivity contribution >= 4 is 8.07 Å². The molecule has 0 atom stereocenters. The van der Waals surface area contributed by atoms with Crippen molar-refractivity contribution in [1.29, 1.82) is 0 Å². The molecule has 97 valence electrons. The maximum atomic E-state index is 5.24. The standard InChI is InChI=1S/C5H11Si.2C5H5.ClH.Zr/c1-5-6(2,3)4;2*1-2-4-5-3-1;;/h1,5H,2-4H3;2*1-5H;1H;/p-1. The van der Waals surface area contributed by atoms with Crippen LogP contribution in [0.1, 0.15) is 0 Å². The summed E-state index contributed by atoms with van der Waals surface area (Å²) in [6.45, 7) is 11.8. The fourth-order valence-electron chi connectivity index (χ4n) is 0.642. The van der Waals surface area contributed by atoms with E-state index in [-0.39, 0.29) is 38.6 Å². The molecule has 0 spiro atoms. The molecule has 0 aliphatic heterocycles. The molecule has 0 unspecified atom stereocenters. The fourth-order valence-corrected chi connectivity index (χ4v) is 0.642. The molecule has 2 aliphatic rings. The van der Waals surface area contributed by atoms with Crippen molar-refractivity contribution in [2.45, 2.75) is 19.6 Å². The van der Waals surface area contributed by atoms with E-state index >= 15 is 0 Å². The summed E-state index contributed by atoms with van der Waals surface area (Å²) in [4.78, 5) is 0. The third-order valence-electron chi connectivity index (χ3n) is 1.61. The van der Waals surface area contributed by atoms with E-state index in [9.17, 15) is 0 Å². The Balaban J connectivity index is -0.000000178. The molecule has 0 aromatic heterocycles. The smallest absolute Gasteiger partial charge is 0.0686 e. The van der Waals surface area contributed by atoms with Gasteiger partial charge in [0.25, 0.3) is 0 Å². The number of rotatable bonds is 1. The second-order valence-corrected chi connectivity index (χ2v) is 9.52. The van der Waals surface area contributed by atoms with Gasteiger partial charge in [0.1, 0.15) is 0 Å². The number of hydrogen-bond donors (Lipinski definition) is 0. The molecule has 0 amide bonds. The van der Waals surface area contributed by atoms with Crippen LogP contribution in [0.4, 0.5) is 0 Å². The van der Waals surface area contributed by atoms with Gasteiger partial charge >= 0.3 is 0 Å². The first-order valence-corrected chi connectivity index (χ1v) is 9.03. The SMILES string of the molecule is [CH]1C=CC=C1.[CH]1C=CC=C1.[CH]=C[Si](C)(C)C.[Cl-].[Zr]. The predicted molar refractivity (Wildman–Crippen MR) is 77.4 cm³/mol. The molecule has 0 fully saturated rings. The maximum absolute atomic E-state index is 5.24. The van der Waals surface area contributed by atoms with E-state index in [4.69, 9.17) is 6.58 Å². The average Bonchev–Trinajstić information content (AvgIpc) is 2.95. The summed E-state index contributed by atoms with van der Waals surface area (Å²) < 4.78 is 0. The molecule has 0 N–H and O–H groups in total. The van der Waals surface area contributed by atoms with Gasteiger partial charge in [-0.2, -0.15) is 0 Å². The van der Waals surface area contributed by atoms with Crippen molar-refractivity contribution in [2.75, 3.05) is 0 Å². The van der Waals surface area contributed by atoms with Crippen molar-refractivity contribution in [2.24, 2.45) is 0 Å². The average molecular weight is 356 g/mol. The summed E-state index contributed by atoms with van der Waals surface area (Å²) >= 11 is 0. The molecule has 0 nitrogen and oxygen atoms in total. The minimum Gasteiger partial charge on any atom is -1.00 e. The first kappa shape index (κ1) is 23.2. The van der Waals surface area contributed by atoms with Gasteiger partial charge in [0.2, 0.25) is 0 Å². The zero-order valence-corrected chi connectivity index (χ0v) is 15.5. The Labute approximate surface area is 139 Å².